The van der Waals surface area contributed by atoms with Gasteiger partial charge < -0.3 is 19.4 Å². The van der Waals surface area contributed by atoms with Crippen LogP contribution in [0.4, 0.5) is 8.78 Å². The smallest absolute Gasteiger partial charge is 0.387 e. The third-order valence-electron chi connectivity index (χ3n) is 7.08. The van der Waals surface area contributed by atoms with Crippen molar-refractivity contribution in [2.45, 2.75) is 42.2 Å². The number of hydrogen-bond acceptors (Lipinski definition) is 9. The van der Waals surface area contributed by atoms with E-state index in [1.54, 1.807) is 0 Å². The van der Waals surface area contributed by atoms with Gasteiger partial charge in [-0.1, -0.05) is 41.4 Å². The Morgan fingerprint density at radius 1 is 1.16 bits per heavy atom. The minimum Gasteiger partial charge on any atom is -0.619 e. The van der Waals surface area contributed by atoms with Crippen LogP contribution in [0, 0.1) is 22.5 Å². The van der Waals surface area contributed by atoms with Crippen molar-refractivity contribution >= 4 is 51.0 Å². The second-order valence-corrected chi connectivity index (χ2v) is 14.1. The second kappa shape index (κ2) is 14.0. The SMILES string of the molecule is N#Cc1ccccc1S(=O)(=O)N1CCSC1C(=O)OC(Cc1c(Cl)c[n+]([O-])cc1Cl)c1ccc(OC(F)F)c(OCC2CC2)c1. The van der Waals surface area contributed by atoms with Gasteiger partial charge in [-0.25, -0.2) is 13.2 Å². The van der Waals surface area contributed by atoms with Crippen LogP contribution in [0.1, 0.15) is 35.6 Å². The van der Waals surface area contributed by atoms with E-state index in [9.17, 15) is 32.5 Å². The molecule has 1 aliphatic heterocycles. The summed E-state index contributed by atoms with van der Waals surface area (Å²) in [6, 6.07) is 11.6. The molecule has 0 bridgehead atoms. The number of alkyl halides is 2. The van der Waals surface area contributed by atoms with Gasteiger partial charge in [0.2, 0.25) is 10.0 Å². The fourth-order valence-electron chi connectivity index (χ4n) is 4.66. The summed E-state index contributed by atoms with van der Waals surface area (Å²) in [4.78, 5) is 13.5. The Kier molecular flexibility index (Phi) is 10.2. The standard InChI is InChI=1S/C29H25Cl2F2N3O7S2/c30-21-14-35(38)15-22(31)20(21)12-24(18-7-8-23(43-29(32)33)25(11-18)41-16-17-5-6-17)42-28(37)27-36(9-10-44-27)45(39,40)26-4-2-1-3-19(26)13-34/h1-4,7-8,11,14-15,17,24,27,29H,5-6,9-10,12,16H2. The Bertz CT molecular complexity index is 1720. The van der Waals surface area contributed by atoms with E-state index in [0.717, 1.165) is 41.3 Å². The van der Waals surface area contributed by atoms with E-state index in [1.165, 1.54) is 42.5 Å². The molecule has 238 valence electrons. The predicted octanol–water partition coefficient (Wildman–Crippen LogP) is 5.48. The normalized spacial score (nSPS) is 17.6. The Balaban J connectivity index is 1.49. The number of hydrogen-bond donors (Lipinski definition) is 0. The van der Waals surface area contributed by atoms with Gasteiger partial charge >= 0.3 is 12.6 Å². The molecule has 5 rings (SSSR count). The van der Waals surface area contributed by atoms with E-state index in [1.807, 2.05) is 6.07 Å². The monoisotopic (exact) mass is 699 g/mol. The molecular formula is C29H25Cl2F2N3O7S2. The molecule has 2 heterocycles. The molecule has 1 aliphatic carbocycles. The zero-order chi connectivity index (χ0) is 32.3. The molecule has 0 amide bonds. The molecule has 0 N–H and O–H groups in total. The Morgan fingerprint density at radius 3 is 2.53 bits per heavy atom. The maximum Gasteiger partial charge on any atom is 0.387 e. The maximum atomic E-state index is 13.7. The van der Waals surface area contributed by atoms with E-state index in [0.29, 0.717) is 4.73 Å². The van der Waals surface area contributed by atoms with Crippen LogP contribution in [0.15, 0.2) is 59.8 Å². The van der Waals surface area contributed by atoms with Crippen LogP contribution in [-0.2, 0) is 26.0 Å². The zero-order valence-corrected chi connectivity index (χ0v) is 26.4. The first-order valence-corrected chi connectivity index (χ1v) is 16.8. The van der Waals surface area contributed by atoms with Gasteiger partial charge in [0.1, 0.15) is 27.1 Å². The molecule has 2 unspecified atom stereocenters. The topological polar surface area (TPSA) is 133 Å². The van der Waals surface area contributed by atoms with E-state index < -0.39 is 34.1 Å². The summed E-state index contributed by atoms with van der Waals surface area (Å²) in [6.07, 6.45) is 2.66. The average Bonchev–Trinajstić information content (AvgIpc) is 3.69. The van der Waals surface area contributed by atoms with Crippen LogP contribution in [0.2, 0.25) is 10.0 Å². The molecule has 16 heteroatoms. The lowest BCUT2D eigenvalue weighted by Gasteiger charge is -2.26. The molecule has 3 aromatic rings. The van der Waals surface area contributed by atoms with Crippen molar-refractivity contribution in [3.63, 3.8) is 0 Å². The number of pyridine rings is 1. The first-order chi connectivity index (χ1) is 21.5. The molecule has 1 saturated heterocycles. The van der Waals surface area contributed by atoms with Crippen molar-refractivity contribution in [3.8, 4) is 17.6 Å². The minimum absolute atomic E-state index is 0.00374. The van der Waals surface area contributed by atoms with Gasteiger partial charge in [0.15, 0.2) is 29.3 Å². The van der Waals surface area contributed by atoms with Gasteiger partial charge in [-0.05, 0) is 48.6 Å². The summed E-state index contributed by atoms with van der Waals surface area (Å²) in [6.45, 7) is -2.87. The third-order valence-corrected chi connectivity index (χ3v) is 11.0. The van der Waals surface area contributed by atoms with Gasteiger partial charge in [0.05, 0.1) is 12.2 Å². The van der Waals surface area contributed by atoms with Crippen molar-refractivity contribution in [1.82, 2.24) is 4.31 Å². The first-order valence-electron chi connectivity index (χ1n) is 13.6. The summed E-state index contributed by atoms with van der Waals surface area (Å²) in [7, 11) is -4.28. The Morgan fingerprint density at radius 2 is 1.87 bits per heavy atom. The molecule has 45 heavy (non-hydrogen) atoms. The van der Waals surface area contributed by atoms with Gasteiger partial charge in [0, 0.05) is 24.3 Å². The number of benzene rings is 2. The highest BCUT2D eigenvalue weighted by atomic mass is 35.5. The van der Waals surface area contributed by atoms with Crippen LogP contribution >= 0.6 is 35.0 Å². The molecule has 1 aromatic heterocycles. The number of halogens is 4. The molecule has 2 aromatic carbocycles. The highest BCUT2D eigenvalue weighted by Crippen LogP contribution is 2.39. The van der Waals surface area contributed by atoms with Crippen molar-refractivity contribution in [2.24, 2.45) is 5.92 Å². The number of nitrogens with zero attached hydrogens (tertiary/aromatic N) is 3. The van der Waals surface area contributed by atoms with Gasteiger partial charge in [-0.15, -0.1) is 11.8 Å². The molecule has 0 spiro atoms. The van der Waals surface area contributed by atoms with E-state index in [4.69, 9.17) is 32.7 Å². The van der Waals surface area contributed by atoms with Crippen molar-refractivity contribution < 1.29 is 40.9 Å². The summed E-state index contributed by atoms with van der Waals surface area (Å²) in [5.41, 5.74) is 0.463. The van der Waals surface area contributed by atoms with Crippen LogP contribution in [0.3, 0.4) is 0 Å². The number of aromatic nitrogens is 1. The van der Waals surface area contributed by atoms with Gasteiger partial charge in [0.25, 0.3) is 0 Å². The molecule has 2 fully saturated rings. The summed E-state index contributed by atoms with van der Waals surface area (Å²) < 4.78 is 71.2. The zero-order valence-electron chi connectivity index (χ0n) is 23.3. The van der Waals surface area contributed by atoms with E-state index >= 15 is 0 Å². The third kappa shape index (κ3) is 7.73. The molecule has 10 nitrogen and oxygen atoms in total. The second-order valence-electron chi connectivity index (χ2n) is 10.2. The summed E-state index contributed by atoms with van der Waals surface area (Å²) in [5, 5.41) is 20.0. The largest absolute Gasteiger partial charge is 0.619 e. The first kappa shape index (κ1) is 33.0. The number of rotatable bonds is 12. The van der Waals surface area contributed by atoms with Gasteiger partial charge in [-0.3, -0.25) is 0 Å². The van der Waals surface area contributed by atoms with E-state index in [-0.39, 0.29) is 74.4 Å². The van der Waals surface area contributed by atoms with E-state index in [2.05, 4.69) is 4.74 Å². The Labute approximate surface area is 272 Å². The van der Waals surface area contributed by atoms with Crippen LogP contribution < -0.4 is 14.2 Å². The molecular weight excluding hydrogens is 675 g/mol. The summed E-state index contributed by atoms with van der Waals surface area (Å²) in [5.74, 6) is -0.591. The molecule has 2 atom stereocenters. The van der Waals surface area contributed by atoms with Crippen molar-refractivity contribution in [3.05, 3.63) is 86.8 Å². The number of ether oxygens (including phenoxy) is 3. The highest BCUT2D eigenvalue weighted by molar-refractivity contribution is 8.02. The highest BCUT2D eigenvalue weighted by Gasteiger charge is 2.43. The van der Waals surface area contributed by atoms with Crippen molar-refractivity contribution in [1.29, 1.82) is 5.26 Å². The maximum absolute atomic E-state index is 13.7. The average molecular weight is 701 g/mol. The molecule has 0 radical (unpaired) electrons. The fourth-order valence-corrected chi connectivity index (χ4v) is 8.45. The fraction of sp³-hybridized carbons (Fsp3) is 0.345. The Hall–Kier alpha value is -3.35. The number of carbonyl (C=O) groups excluding carboxylic acids is 1. The number of nitriles is 1. The predicted molar refractivity (Wildman–Crippen MR) is 161 cm³/mol. The lowest BCUT2D eigenvalue weighted by molar-refractivity contribution is -0.605. The quantitative estimate of drug-likeness (QED) is 0.137. The molecule has 2 aliphatic rings. The summed E-state index contributed by atoms with van der Waals surface area (Å²) >= 11 is 13.7. The van der Waals surface area contributed by atoms with Crippen LogP contribution in [0.5, 0.6) is 11.5 Å². The number of sulfonamides is 1. The lowest BCUT2D eigenvalue weighted by atomic mass is 10.0. The number of esters is 1. The number of thioether (sulfide) groups is 1. The minimum atomic E-state index is -4.28. The van der Waals surface area contributed by atoms with Crippen molar-refractivity contribution in [2.75, 3.05) is 18.9 Å². The van der Waals surface area contributed by atoms with Gasteiger partial charge in [-0.2, -0.15) is 23.1 Å². The number of carbonyl (C=O) groups is 1. The van der Waals surface area contributed by atoms with Crippen LogP contribution in [-0.4, -0.2) is 49.6 Å². The molecule has 1 saturated carbocycles. The lowest BCUT2D eigenvalue weighted by Crippen LogP contribution is -2.41. The van der Waals surface area contributed by atoms with Crippen LogP contribution in [0.25, 0.3) is 0 Å².